The van der Waals surface area contributed by atoms with Crippen LogP contribution in [0.5, 0.6) is 46.0 Å². The number of carbonyl (C=O) groups is 1. The number of nitrogens with zero attached hydrogens (tertiary/aromatic N) is 3. The molecule has 15 nitrogen and oxygen atoms in total. The van der Waals surface area contributed by atoms with Crippen LogP contribution in [0.2, 0.25) is 0 Å². The third-order valence-corrected chi connectivity index (χ3v) is 25.8. The van der Waals surface area contributed by atoms with Gasteiger partial charge in [0.2, 0.25) is 0 Å². The van der Waals surface area contributed by atoms with Gasteiger partial charge in [0.25, 0.3) is 0 Å². The molecule has 2 aliphatic rings. The molecule has 0 saturated heterocycles. The number of aromatic nitrogens is 4. The molecule has 0 radical (unpaired) electrons. The summed E-state index contributed by atoms with van der Waals surface area (Å²) in [5.41, 5.74) is 13.0. The SMILES string of the molecule is CCCCCCCCOc1cccc(OCCCCCCCC)c1-c1c2nc(c(-c3c(OCCCCCCCC)cccc3OCCCCCCCC)c3cc(C#Cc4ccc(/C=C(\C#N)C(=O)O)cc4)c([nH]3)c(-c3c(OCCCCCCCC)cccc3OCCCCCCCC)c3nc(c(-c4c(OCCCCCCCC)cccc4OCCCCCCCC)c4ccc1[nH]4)C=C3)C=C2. The fraction of sp³-hybridized carbons (Fsp3) is 0.533. The third kappa shape index (κ3) is 34.5. The molecule has 3 N–H and O–H groups in total. The number of H-pyrrole nitrogens is 2. The number of aliphatic carboxylic acids is 1. The molecular formula is C120H163N5O10. The zero-order chi connectivity index (χ0) is 94.9. The van der Waals surface area contributed by atoms with Crippen LogP contribution in [0.3, 0.4) is 0 Å². The van der Waals surface area contributed by atoms with Crippen molar-refractivity contribution < 1.29 is 47.8 Å². The van der Waals surface area contributed by atoms with E-state index in [0.717, 1.165) is 230 Å². The average Bonchev–Trinajstić information content (AvgIpc) is 1.59. The van der Waals surface area contributed by atoms with Gasteiger partial charge in [-0.1, -0.05) is 360 Å². The van der Waals surface area contributed by atoms with Crippen molar-refractivity contribution in [1.29, 1.82) is 5.26 Å². The van der Waals surface area contributed by atoms with Crippen molar-refractivity contribution in [2.24, 2.45) is 0 Å². The first-order valence-electron chi connectivity index (χ1n) is 53.3. The summed E-state index contributed by atoms with van der Waals surface area (Å²) < 4.78 is 58.5. The molecule has 728 valence electrons. The number of nitrogens with one attached hydrogen (secondary N) is 2. The Labute approximate surface area is 811 Å². The van der Waals surface area contributed by atoms with E-state index in [4.69, 9.17) is 47.9 Å². The van der Waals surface area contributed by atoms with Gasteiger partial charge in [0.05, 0.1) is 114 Å². The molecule has 5 heterocycles. The smallest absolute Gasteiger partial charge is 0.346 e. The van der Waals surface area contributed by atoms with Crippen LogP contribution in [0.4, 0.5) is 0 Å². The molecule has 8 bridgehead atoms. The molecule has 2 aliphatic heterocycles. The number of carboxylic acid groups (broad SMARTS) is 1. The second-order valence-corrected chi connectivity index (χ2v) is 37.0. The first kappa shape index (κ1) is 106. The Balaban J connectivity index is 1.43. The lowest BCUT2D eigenvalue weighted by Crippen LogP contribution is -2.04. The van der Waals surface area contributed by atoms with Crippen molar-refractivity contribution >= 4 is 58.4 Å². The van der Waals surface area contributed by atoms with Crippen molar-refractivity contribution in [2.45, 2.75) is 364 Å². The Morgan fingerprint density at radius 3 is 0.800 bits per heavy atom. The number of aromatic amines is 2. The molecule has 135 heavy (non-hydrogen) atoms. The molecule has 0 fully saturated rings. The van der Waals surface area contributed by atoms with Crippen LogP contribution in [0.1, 0.15) is 403 Å². The number of carboxylic acids is 1. The number of hydrogen-bond donors (Lipinski definition) is 3. The van der Waals surface area contributed by atoms with Gasteiger partial charge in [-0.15, -0.1) is 0 Å². The second kappa shape index (κ2) is 62.9. The Kier molecular flexibility index (Phi) is 49.6. The van der Waals surface area contributed by atoms with Gasteiger partial charge in [-0.2, -0.15) is 5.26 Å². The number of ether oxygens (including phenoxy) is 8. The van der Waals surface area contributed by atoms with E-state index in [-0.39, 0.29) is 5.57 Å². The van der Waals surface area contributed by atoms with E-state index >= 15 is 0 Å². The summed E-state index contributed by atoms with van der Waals surface area (Å²) in [4.78, 5) is 33.1. The van der Waals surface area contributed by atoms with Crippen LogP contribution >= 0.6 is 0 Å². The maximum atomic E-state index is 12.3. The molecule has 0 spiro atoms. The first-order chi connectivity index (χ1) is 66.6. The van der Waals surface area contributed by atoms with Crippen LogP contribution in [0.25, 0.3) is 97.0 Å². The molecule has 0 aliphatic carbocycles. The molecule has 0 atom stereocenters. The van der Waals surface area contributed by atoms with Crippen molar-refractivity contribution in [1.82, 2.24) is 19.9 Å². The zero-order valence-corrected chi connectivity index (χ0v) is 83.9. The molecule has 0 unspecified atom stereocenters. The summed E-state index contributed by atoms with van der Waals surface area (Å²) in [6, 6.07) is 40.9. The quantitative estimate of drug-likeness (QED) is 0.0141. The standard InChI is InChI=1S/C120H163N5O10/c1-9-17-25-33-41-49-81-128-103-61-57-62-104(129-82-50-42-34-26-18-10-2)115(103)111-96-75-76-97(122-96)112(116-105(130-83-51-43-35-27-19-11-3)63-58-64-106(116)131-84-52-44-36-28-20-12-4)99-79-80-101(124-99)114(118-109(134-87-55-47-39-31-23-15-7)67-60-68-110(118)135-88-56-48-40-32-24-16-8)119-94(74-73-92-69-71-93(72-70-92)89-95(91-121)120(126)127)90-102(125-119)113(100-78-77-98(111)123-100)117-107(132-85-53-45-37-29-21-13-5)65-59-66-108(117)133-86-54-46-38-30-22-14-6/h57-72,75-80,89-90,122,125H,9-56,81-88H2,1-8H3,(H,126,127)/b95-89+,111-96?,111-98?,112-97?,112-99?,113-100?,113-102?,114-101?,119-114?. The van der Waals surface area contributed by atoms with Crippen molar-refractivity contribution in [2.75, 3.05) is 52.9 Å². The van der Waals surface area contributed by atoms with E-state index in [1.54, 1.807) is 12.1 Å². The highest BCUT2D eigenvalue weighted by molar-refractivity contribution is 6.05. The number of fused-ring (bicyclic) bond motifs is 8. The summed E-state index contributed by atoms with van der Waals surface area (Å²) >= 11 is 0. The monoisotopic (exact) mass is 1830 g/mol. The van der Waals surface area contributed by atoms with E-state index in [1.807, 2.05) is 18.2 Å². The molecule has 0 saturated carbocycles. The van der Waals surface area contributed by atoms with Gasteiger partial charge in [-0.25, -0.2) is 14.8 Å². The number of unbranched alkanes of at least 4 members (excludes halogenated alkanes) is 40. The highest BCUT2D eigenvalue weighted by Crippen LogP contribution is 2.51. The molecule has 10 rings (SSSR count). The third-order valence-electron chi connectivity index (χ3n) is 25.8. The van der Waals surface area contributed by atoms with E-state index in [1.165, 1.54) is 134 Å². The van der Waals surface area contributed by atoms with Crippen molar-refractivity contribution in [3.63, 3.8) is 0 Å². The molecular weight excluding hydrogens is 1670 g/mol. The minimum Gasteiger partial charge on any atom is -0.493 e. The maximum Gasteiger partial charge on any atom is 0.346 e. The number of nitriles is 1. The fourth-order valence-electron chi connectivity index (χ4n) is 18.1. The van der Waals surface area contributed by atoms with E-state index in [0.29, 0.717) is 155 Å². The van der Waals surface area contributed by atoms with Crippen molar-refractivity contribution in [3.8, 4) is 108 Å². The lowest BCUT2D eigenvalue weighted by Gasteiger charge is -2.19. The highest BCUT2D eigenvalue weighted by Gasteiger charge is 2.30. The molecule has 0 amide bonds. The van der Waals surface area contributed by atoms with Gasteiger partial charge in [0.15, 0.2) is 0 Å². The van der Waals surface area contributed by atoms with Gasteiger partial charge in [-0.3, -0.25) is 0 Å². The number of rotatable bonds is 70. The molecule has 8 aromatic rings. The Morgan fingerprint density at radius 1 is 0.296 bits per heavy atom. The topological polar surface area (TPSA) is 192 Å². The summed E-state index contributed by atoms with van der Waals surface area (Å²) in [6.07, 6.45) is 62.8. The summed E-state index contributed by atoms with van der Waals surface area (Å²) in [5, 5.41) is 19.9. The summed E-state index contributed by atoms with van der Waals surface area (Å²) in [5.74, 6) is 11.6. The Hall–Kier alpha value is -10.6. The number of hydrogen-bond acceptors (Lipinski definition) is 12. The van der Waals surface area contributed by atoms with Crippen LogP contribution in [-0.2, 0) is 4.79 Å². The van der Waals surface area contributed by atoms with Crippen LogP contribution in [0, 0.1) is 23.2 Å². The predicted molar refractivity (Wildman–Crippen MR) is 565 cm³/mol. The maximum absolute atomic E-state index is 12.3. The van der Waals surface area contributed by atoms with Gasteiger partial charge in [0, 0.05) is 38.9 Å². The lowest BCUT2D eigenvalue weighted by molar-refractivity contribution is -0.132. The van der Waals surface area contributed by atoms with Gasteiger partial charge in [0.1, 0.15) is 57.6 Å². The summed E-state index contributed by atoms with van der Waals surface area (Å²) in [6.45, 7) is 22.1. The van der Waals surface area contributed by atoms with Crippen LogP contribution in [-0.4, -0.2) is 83.9 Å². The Bertz CT molecular complexity index is 5080. The summed E-state index contributed by atoms with van der Waals surface area (Å²) in [7, 11) is 0. The van der Waals surface area contributed by atoms with Gasteiger partial charge < -0.3 is 53.0 Å². The van der Waals surface area contributed by atoms with E-state index in [2.05, 4.69) is 192 Å². The van der Waals surface area contributed by atoms with Gasteiger partial charge in [-0.05, 0) is 166 Å². The van der Waals surface area contributed by atoms with Crippen LogP contribution < -0.4 is 37.9 Å². The lowest BCUT2D eigenvalue weighted by atomic mass is 9.99. The first-order valence-corrected chi connectivity index (χ1v) is 53.3. The largest absolute Gasteiger partial charge is 0.493 e. The normalized spacial score (nSPS) is 11.7. The molecule has 3 aromatic heterocycles. The van der Waals surface area contributed by atoms with Crippen LogP contribution in [0.15, 0.2) is 121 Å². The predicted octanol–water partition coefficient (Wildman–Crippen LogP) is 34.6. The number of benzene rings is 5. The second-order valence-electron chi connectivity index (χ2n) is 37.0. The van der Waals surface area contributed by atoms with Gasteiger partial charge >= 0.3 is 5.97 Å². The average molecular weight is 1840 g/mol. The Morgan fingerprint density at radius 2 is 0.541 bits per heavy atom. The minimum atomic E-state index is -1.30. The van der Waals surface area contributed by atoms with E-state index < -0.39 is 5.97 Å². The highest BCUT2D eigenvalue weighted by atomic mass is 16.5. The minimum absolute atomic E-state index is 0.368. The molecule has 5 aromatic carbocycles. The van der Waals surface area contributed by atoms with E-state index in [9.17, 15) is 15.2 Å². The van der Waals surface area contributed by atoms with Crippen molar-refractivity contribution in [3.05, 3.63) is 160 Å². The fourth-order valence-corrected chi connectivity index (χ4v) is 18.1. The zero-order valence-electron chi connectivity index (χ0n) is 83.9. The molecule has 15 heteroatoms.